The number of thioether (sulfide) groups is 1. The Balaban J connectivity index is 1.22. The summed E-state index contributed by atoms with van der Waals surface area (Å²) < 4.78 is 12.2. The third kappa shape index (κ3) is 11.4. The van der Waals surface area contributed by atoms with E-state index in [1.165, 1.54) is 94.2 Å². The van der Waals surface area contributed by atoms with Crippen LogP contribution in [0.5, 0.6) is 23.0 Å². The van der Waals surface area contributed by atoms with Gasteiger partial charge in [0.25, 0.3) is 5.91 Å². The third-order valence-corrected chi connectivity index (χ3v) is 9.92. The zero-order valence-electron chi connectivity index (χ0n) is 30.6. The van der Waals surface area contributed by atoms with Crippen LogP contribution in [0.15, 0.2) is 78.0 Å². The second-order valence-electron chi connectivity index (χ2n) is 13.2. The topological polar surface area (TPSA) is 152 Å². The average molecular weight is 740 g/mol. The molecule has 1 heterocycles. The van der Waals surface area contributed by atoms with Crippen LogP contribution < -0.4 is 14.8 Å². The molecule has 0 aliphatic rings. The minimum absolute atomic E-state index is 0.00348. The van der Waals surface area contributed by atoms with Crippen LogP contribution >= 0.6 is 11.8 Å². The second-order valence-corrected chi connectivity index (χ2v) is 14.1. The highest BCUT2D eigenvalue weighted by atomic mass is 32.2. The summed E-state index contributed by atoms with van der Waals surface area (Å²) in [6.07, 6.45) is 15.1. The van der Waals surface area contributed by atoms with Crippen molar-refractivity contribution in [2.45, 2.75) is 102 Å². The maximum Gasteiger partial charge on any atom is 0.311 e. The predicted octanol–water partition coefficient (Wildman–Crippen LogP) is 11.3. The standard InChI is InChI=1S/C41H49N5O6S/c1-3-4-5-6-7-8-9-10-11-12-13-18-25-51-36-22-17-16-21-34(36)43-40(48)33-27-38(31-19-14-15-20-32(31)39(33)47)52-37-24-23-30(26-35(37)46(49)50)28-53-41-42-29(2)44-45-41/h14-17,19-24,26-27,47H,3-13,18,25,28H2,1-2H3,(H,43,48)(H,42,44,45). The number of phenols is 1. The normalized spacial score (nSPS) is 11.1. The number of aromatic hydroxyl groups is 1. The molecule has 0 aliphatic heterocycles. The van der Waals surface area contributed by atoms with Gasteiger partial charge in [-0.1, -0.05) is 132 Å². The Morgan fingerprint density at radius 2 is 1.51 bits per heavy atom. The van der Waals surface area contributed by atoms with Crippen molar-refractivity contribution in [1.29, 1.82) is 0 Å². The summed E-state index contributed by atoms with van der Waals surface area (Å²) in [5.41, 5.74) is 0.867. The number of para-hydroxylation sites is 2. The van der Waals surface area contributed by atoms with Gasteiger partial charge in [0.15, 0.2) is 0 Å². The number of H-pyrrole nitrogens is 1. The molecule has 5 rings (SSSR count). The van der Waals surface area contributed by atoms with Gasteiger partial charge in [-0.05, 0) is 43.2 Å². The molecule has 0 radical (unpaired) electrons. The van der Waals surface area contributed by atoms with Crippen molar-refractivity contribution >= 4 is 39.8 Å². The number of anilines is 1. The number of carbonyl (C=O) groups excluding carboxylic acids is 1. The molecule has 4 aromatic carbocycles. The van der Waals surface area contributed by atoms with Crippen LogP contribution in [0, 0.1) is 17.0 Å². The molecule has 11 nitrogen and oxygen atoms in total. The van der Waals surface area contributed by atoms with Crippen LogP contribution in [0.25, 0.3) is 10.8 Å². The smallest absolute Gasteiger partial charge is 0.311 e. The van der Waals surface area contributed by atoms with E-state index in [0.717, 1.165) is 12.8 Å². The summed E-state index contributed by atoms with van der Waals surface area (Å²) in [6.45, 7) is 4.57. The maximum absolute atomic E-state index is 13.7. The first-order valence-electron chi connectivity index (χ1n) is 18.6. The number of hydrogen-bond donors (Lipinski definition) is 3. The van der Waals surface area contributed by atoms with Crippen LogP contribution in [0.1, 0.15) is 106 Å². The predicted molar refractivity (Wildman–Crippen MR) is 210 cm³/mol. The number of rotatable bonds is 22. The number of nitrogens with one attached hydrogen (secondary N) is 2. The fourth-order valence-corrected chi connectivity index (χ4v) is 6.92. The van der Waals surface area contributed by atoms with Gasteiger partial charge < -0.3 is 19.9 Å². The molecule has 0 fully saturated rings. The minimum Gasteiger partial charge on any atom is -0.506 e. The summed E-state index contributed by atoms with van der Waals surface area (Å²) in [6, 6.07) is 20.2. The lowest BCUT2D eigenvalue weighted by Crippen LogP contribution is -2.14. The quantitative estimate of drug-likeness (QED) is 0.0272. The zero-order valence-corrected chi connectivity index (χ0v) is 31.4. The fraction of sp³-hybridized carbons (Fsp3) is 0.390. The van der Waals surface area contributed by atoms with Crippen LogP contribution in [-0.4, -0.2) is 37.7 Å². The summed E-state index contributed by atoms with van der Waals surface area (Å²) in [7, 11) is 0. The number of carbonyl (C=O) groups is 1. The Bertz CT molecular complexity index is 1960. The van der Waals surface area contributed by atoms with E-state index >= 15 is 0 Å². The number of hydrogen-bond acceptors (Lipinski definition) is 9. The van der Waals surface area contributed by atoms with Crippen molar-refractivity contribution in [1.82, 2.24) is 15.2 Å². The molecule has 0 spiro atoms. The first kappa shape index (κ1) is 39.1. The van der Waals surface area contributed by atoms with Gasteiger partial charge in [-0.25, -0.2) is 4.98 Å². The molecule has 0 unspecified atom stereocenters. The number of amides is 1. The van der Waals surface area contributed by atoms with E-state index in [9.17, 15) is 20.0 Å². The molecule has 0 aliphatic carbocycles. The number of ether oxygens (including phenoxy) is 2. The van der Waals surface area contributed by atoms with Gasteiger partial charge in [0.05, 0.1) is 22.8 Å². The number of aryl methyl sites for hydroxylation is 1. The number of nitrogens with zero attached hydrogens (tertiary/aromatic N) is 3. The number of aromatic amines is 1. The van der Waals surface area contributed by atoms with Gasteiger partial charge >= 0.3 is 5.69 Å². The van der Waals surface area contributed by atoms with Crippen LogP contribution in [0.2, 0.25) is 0 Å². The molecule has 5 aromatic rings. The number of nitro groups is 1. The van der Waals surface area contributed by atoms with Gasteiger partial charge in [-0.15, -0.1) is 5.10 Å². The lowest BCUT2D eigenvalue weighted by Gasteiger charge is -2.16. The second kappa shape index (κ2) is 20.2. The number of fused-ring (bicyclic) bond motifs is 1. The van der Waals surface area contributed by atoms with E-state index in [0.29, 0.717) is 51.1 Å². The highest BCUT2D eigenvalue weighted by Crippen LogP contribution is 2.41. The molecule has 1 amide bonds. The lowest BCUT2D eigenvalue weighted by atomic mass is 10.0. The minimum atomic E-state index is -0.580. The van der Waals surface area contributed by atoms with Crippen LogP contribution in [0.3, 0.4) is 0 Å². The molecule has 280 valence electrons. The largest absolute Gasteiger partial charge is 0.506 e. The first-order chi connectivity index (χ1) is 25.8. The molecule has 3 N–H and O–H groups in total. The Morgan fingerprint density at radius 3 is 2.19 bits per heavy atom. The van der Waals surface area contributed by atoms with E-state index in [1.807, 2.05) is 6.07 Å². The van der Waals surface area contributed by atoms with Crippen molar-refractivity contribution in [2.75, 3.05) is 11.9 Å². The van der Waals surface area contributed by atoms with Gasteiger partial charge in [0, 0.05) is 22.6 Å². The molecule has 0 saturated carbocycles. The maximum atomic E-state index is 13.7. The van der Waals surface area contributed by atoms with E-state index < -0.39 is 10.8 Å². The molecule has 0 bridgehead atoms. The summed E-state index contributed by atoms with van der Waals surface area (Å²) in [5.74, 6) is 0.993. The van der Waals surface area contributed by atoms with E-state index in [1.54, 1.807) is 55.5 Å². The number of benzene rings is 4. The molecular formula is C41H49N5O6S. The first-order valence-corrected chi connectivity index (χ1v) is 19.6. The number of aromatic nitrogens is 3. The summed E-state index contributed by atoms with van der Waals surface area (Å²) in [4.78, 5) is 29.6. The SMILES string of the molecule is CCCCCCCCCCCCCCOc1ccccc1NC(=O)c1cc(Oc2ccc(CSc3n[nH]c(C)n3)cc2[N+](=O)[O-])c2ccccc2c1O. The molecule has 0 atom stereocenters. The molecule has 0 saturated heterocycles. The zero-order chi connectivity index (χ0) is 37.4. The van der Waals surface area contributed by atoms with E-state index in [-0.39, 0.29) is 28.5 Å². The molecule has 12 heteroatoms. The van der Waals surface area contributed by atoms with Crippen molar-refractivity contribution in [2.24, 2.45) is 0 Å². The summed E-state index contributed by atoms with van der Waals surface area (Å²) >= 11 is 1.35. The van der Waals surface area contributed by atoms with Crippen molar-refractivity contribution in [3.8, 4) is 23.0 Å². The highest BCUT2D eigenvalue weighted by molar-refractivity contribution is 7.98. The molecule has 53 heavy (non-hydrogen) atoms. The van der Waals surface area contributed by atoms with Crippen LogP contribution in [-0.2, 0) is 5.75 Å². The third-order valence-electron chi connectivity index (χ3n) is 9.00. The van der Waals surface area contributed by atoms with E-state index in [4.69, 9.17) is 9.47 Å². The fourth-order valence-electron chi connectivity index (χ4n) is 6.13. The Kier molecular flexibility index (Phi) is 14.9. The number of unbranched alkanes of at least 4 members (excludes halogenated alkanes) is 11. The average Bonchev–Trinajstić information content (AvgIpc) is 3.59. The lowest BCUT2D eigenvalue weighted by molar-refractivity contribution is -0.385. The molecule has 1 aromatic heterocycles. The Hall–Kier alpha value is -5.10. The Labute approximate surface area is 315 Å². The van der Waals surface area contributed by atoms with Gasteiger partial charge in [0.2, 0.25) is 10.9 Å². The van der Waals surface area contributed by atoms with Crippen LogP contribution in [0.4, 0.5) is 11.4 Å². The van der Waals surface area contributed by atoms with Gasteiger partial charge in [-0.2, -0.15) is 0 Å². The van der Waals surface area contributed by atoms with E-state index in [2.05, 4.69) is 27.4 Å². The molecular weight excluding hydrogens is 691 g/mol. The number of phenolic OH excluding ortho intramolecular Hbond substituents is 1. The van der Waals surface area contributed by atoms with Gasteiger partial charge in [-0.3, -0.25) is 20.0 Å². The number of nitro benzene ring substituents is 1. The monoisotopic (exact) mass is 739 g/mol. The van der Waals surface area contributed by atoms with Crippen molar-refractivity contribution in [3.63, 3.8) is 0 Å². The van der Waals surface area contributed by atoms with Crippen molar-refractivity contribution < 1.29 is 24.3 Å². The Morgan fingerprint density at radius 1 is 0.849 bits per heavy atom. The van der Waals surface area contributed by atoms with Crippen molar-refractivity contribution in [3.05, 3.63) is 99.9 Å². The van der Waals surface area contributed by atoms with Gasteiger partial charge in [0.1, 0.15) is 23.1 Å². The highest BCUT2D eigenvalue weighted by Gasteiger charge is 2.23. The summed E-state index contributed by atoms with van der Waals surface area (Å²) in [5, 5.41) is 34.6.